The summed E-state index contributed by atoms with van der Waals surface area (Å²) < 4.78 is 81.4. The van der Waals surface area contributed by atoms with Gasteiger partial charge in [0.2, 0.25) is 11.6 Å². The molecular weight excluding hydrogens is 551 g/mol. The molecule has 3 unspecified atom stereocenters. The quantitative estimate of drug-likeness (QED) is 0.195. The van der Waals surface area contributed by atoms with Gasteiger partial charge >= 0.3 is 23.5 Å². The monoisotopic (exact) mass is 570 g/mol. The Bertz CT molecular complexity index is 1320. The van der Waals surface area contributed by atoms with Crippen LogP contribution in [0.5, 0.6) is 0 Å². The molecule has 0 saturated carbocycles. The molecule has 0 bridgehead atoms. The number of nitrogens with zero attached hydrogens (tertiary/aromatic N) is 2. The minimum atomic E-state index is -5.85. The molecule has 1 aliphatic rings. The van der Waals surface area contributed by atoms with Crippen molar-refractivity contribution >= 4 is 40.4 Å². The number of hydrogen-bond donors (Lipinski definition) is 7. The van der Waals surface area contributed by atoms with E-state index in [-0.39, 0.29) is 17.0 Å². The van der Waals surface area contributed by atoms with Gasteiger partial charge in [0.1, 0.15) is 18.9 Å². The largest absolute Gasteiger partial charge is 0.490 e. The van der Waals surface area contributed by atoms with E-state index in [2.05, 4.69) is 23.1 Å². The van der Waals surface area contributed by atoms with Crippen molar-refractivity contribution in [2.45, 2.75) is 37.1 Å². The number of aliphatic hydroxyl groups excluding tert-OH is 1. The zero-order valence-corrected chi connectivity index (χ0v) is 19.9. The van der Waals surface area contributed by atoms with Crippen molar-refractivity contribution in [3.63, 3.8) is 0 Å². The zero-order valence-electron chi connectivity index (χ0n) is 17.2. The number of halogens is 2. The minimum absolute atomic E-state index is 0.0942. The lowest BCUT2D eigenvalue weighted by Crippen LogP contribution is -2.46. The first-order chi connectivity index (χ1) is 15.9. The molecule has 3 heterocycles. The topological polar surface area (TPSA) is 266 Å². The Hall–Kier alpha value is -1.59. The molecule has 8 N–H and O–H groups in total. The summed E-state index contributed by atoms with van der Waals surface area (Å²) in [7, 11) is -17.2. The Morgan fingerprint density at radius 3 is 2.49 bits per heavy atom. The Kier molecular flexibility index (Phi) is 7.49. The summed E-state index contributed by atoms with van der Waals surface area (Å²) in [6.45, 7) is -0.947. The SMILES string of the molecule is C[C@@H](OP(=O)(O)OP(=O)(O)OP(=O)(O)O)[C@H]1O[C@@H](n2ccc3c(=O)[nH]c(N)nc32)C(F)(CF)[C@H]1O. The molecule has 0 radical (unpaired) electrons. The van der Waals surface area contributed by atoms with E-state index < -0.39 is 65.9 Å². The number of rotatable bonds is 9. The predicted molar refractivity (Wildman–Crippen MR) is 109 cm³/mol. The van der Waals surface area contributed by atoms with E-state index in [1.807, 2.05) is 0 Å². The number of aromatic nitrogens is 3. The van der Waals surface area contributed by atoms with Crippen LogP contribution in [0.15, 0.2) is 17.1 Å². The van der Waals surface area contributed by atoms with Crippen molar-refractivity contribution in [2.75, 3.05) is 12.4 Å². The molecular formula is C13H19F2N4O13P3. The fourth-order valence-corrected chi connectivity index (χ4v) is 6.58. The minimum Gasteiger partial charge on any atom is -0.387 e. The van der Waals surface area contributed by atoms with Crippen molar-refractivity contribution in [1.82, 2.24) is 14.5 Å². The molecule has 2 aromatic rings. The van der Waals surface area contributed by atoms with E-state index in [1.54, 1.807) is 0 Å². The first-order valence-corrected chi connectivity index (χ1v) is 13.7. The number of fused-ring (bicyclic) bond motifs is 1. The summed E-state index contributed by atoms with van der Waals surface area (Å²) in [4.78, 5) is 54.0. The molecule has 0 aromatic carbocycles. The van der Waals surface area contributed by atoms with Crippen LogP contribution in [0.4, 0.5) is 14.7 Å². The fourth-order valence-electron chi connectivity index (χ4n) is 3.38. The van der Waals surface area contributed by atoms with Gasteiger partial charge < -0.3 is 39.7 Å². The van der Waals surface area contributed by atoms with Crippen LogP contribution in [-0.4, -0.2) is 69.9 Å². The highest BCUT2D eigenvalue weighted by Crippen LogP contribution is 2.66. The molecule has 1 fully saturated rings. The highest BCUT2D eigenvalue weighted by Gasteiger charge is 2.61. The molecule has 0 amide bonds. The van der Waals surface area contributed by atoms with Crippen LogP contribution < -0.4 is 11.3 Å². The molecule has 22 heteroatoms. The van der Waals surface area contributed by atoms with Gasteiger partial charge in [-0.05, 0) is 13.0 Å². The van der Waals surface area contributed by atoms with Gasteiger partial charge in [-0.1, -0.05) is 0 Å². The van der Waals surface area contributed by atoms with Crippen molar-refractivity contribution in [3.8, 4) is 0 Å². The molecule has 0 aliphatic carbocycles. The Balaban J connectivity index is 1.88. The van der Waals surface area contributed by atoms with Crippen LogP contribution in [0.3, 0.4) is 0 Å². The van der Waals surface area contributed by atoms with E-state index in [9.17, 15) is 37.8 Å². The van der Waals surface area contributed by atoms with Crippen molar-refractivity contribution in [1.29, 1.82) is 0 Å². The number of nitrogens with one attached hydrogen (secondary N) is 1. The number of ether oxygens (including phenoxy) is 1. The number of aromatic amines is 1. The first-order valence-electron chi connectivity index (χ1n) is 9.16. The summed E-state index contributed by atoms with van der Waals surface area (Å²) in [5, 5.41) is 10.3. The maximum absolute atomic E-state index is 15.6. The normalized spacial score (nSPS) is 29.7. The van der Waals surface area contributed by atoms with Crippen LogP contribution in [0.1, 0.15) is 13.2 Å². The molecule has 198 valence electrons. The van der Waals surface area contributed by atoms with Crippen LogP contribution in [0.2, 0.25) is 0 Å². The lowest BCUT2D eigenvalue weighted by atomic mass is 9.95. The average molecular weight is 570 g/mol. The molecule has 1 saturated heterocycles. The number of aliphatic hydroxyl groups is 1. The first kappa shape index (κ1) is 28.0. The maximum Gasteiger partial charge on any atom is 0.490 e. The third-order valence-corrected chi connectivity index (χ3v) is 8.66. The van der Waals surface area contributed by atoms with Crippen molar-refractivity contribution in [3.05, 3.63) is 22.6 Å². The molecule has 35 heavy (non-hydrogen) atoms. The fraction of sp³-hybridized carbons (Fsp3) is 0.538. The number of phosphoric ester groups is 1. The van der Waals surface area contributed by atoms with Crippen molar-refractivity contribution in [2.24, 2.45) is 0 Å². The van der Waals surface area contributed by atoms with Gasteiger partial charge in [-0.2, -0.15) is 13.6 Å². The second-order valence-electron chi connectivity index (χ2n) is 7.27. The second-order valence-corrected chi connectivity index (χ2v) is 11.6. The van der Waals surface area contributed by atoms with E-state index in [4.69, 9.17) is 20.3 Å². The van der Waals surface area contributed by atoms with Gasteiger partial charge in [0, 0.05) is 6.20 Å². The molecule has 7 atom stereocenters. The average Bonchev–Trinajstić information content (AvgIpc) is 3.18. The van der Waals surface area contributed by atoms with E-state index >= 15 is 4.39 Å². The summed E-state index contributed by atoms with van der Waals surface area (Å²) in [6, 6.07) is 1.18. The summed E-state index contributed by atoms with van der Waals surface area (Å²) in [5.41, 5.74) is 1.29. The van der Waals surface area contributed by atoms with Crippen molar-refractivity contribution < 1.29 is 65.0 Å². The smallest absolute Gasteiger partial charge is 0.387 e. The summed E-state index contributed by atoms with van der Waals surface area (Å²) >= 11 is 0. The molecule has 1 aliphatic heterocycles. The summed E-state index contributed by atoms with van der Waals surface area (Å²) in [5.74, 6) is -0.372. The van der Waals surface area contributed by atoms with Gasteiger partial charge in [0.05, 0.1) is 11.5 Å². The third-order valence-electron chi connectivity index (χ3n) is 4.73. The number of nitrogens with two attached hydrogens (primary N) is 1. The lowest BCUT2D eigenvalue weighted by Gasteiger charge is -2.27. The van der Waals surface area contributed by atoms with Gasteiger partial charge in [0.25, 0.3) is 5.56 Å². The Morgan fingerprint density at radius 2 is 1.91 bits per heavy atom. The standard InChI is InChI=1S/C13H19F2N4O13P3/c1-5(30-34(25,26)32-35(27,28)31-33(22,23)24)7-8(20)13(15,4-14)11(29-7)19-3-2-6-9(19)17-12(16)18-10(6)21/h2-3,5,7-8,11,20H,4H2,1H3,(H,25,26)(H,27,28)(H2,22,23,24)(H3,16,17,18,21)/t5-,7-,8+,11-,13?/m1/s1. The van der Waals surface area contributed by atoms with E-state index in [0.29, 0.717) is 0 Å². The van der Waals surface area contributed by atoms with Crippen LogP contribution in [0.25, 0.3) is 11.0 Å². The zero-order chi connectivity index (χ0) is 26.6. The summed E-state index contributed by atoms with van der Waals surface area (Å²) in [6.07, 6.45) is -7.10. The van der Waals surface area contributed by atoms with Gasteiger partial charge in [0.15, 0.2) is 11.9 Å². The third kappa shape index (κ3) is 5.88. The van der Waals surface area contributed by atoms with Crippen LogP contribution in [-0.2, 0) is 31.6 Å². The number of anilines is 1. The molecule has 0 spiro atoms. The number of H-pyrrole nitrogens is 1. The number of nitrogen functional groups attached to an aromatic ring is 1. The van der Waals surface area contributed by atoms with Gasteiger partial charge in [-0.3, -0.25) is 14.3 Å². The molecule has 17 nitrogen and oxygen atoms in total. The molecule has 3 rings (SSSR count). The highest BCUT2D eigenvalue weighted by atomic mass is 31.3. The van der Waals surface area contributed by atoms with E-state index in [1.165, 1.54) is 6.07 Å². The van der Waals surface area contributed by atoms with Gasteiger partial charge in [-0.25, -0.2) is 22.5 Å². The lowest BCUT2D eigenvalue weighted by molar-refractivity contribution is -0.0816. The number of alkyl halides is 2. The van der Waals surface area contributed by atoms with Gasteiger partial charge in [-0.15, -0.1) is 0 Å². The number of hydrogen-bond acceptors (Lipinski definition) is 11. The highest BCUT2D eigenvalue weighted by molar-refractivity contribution is 7.66. The van der Waals surface area contributed by atoms with Crippen LogP contribution in [0, 0.1) is 0 Å². The second kappa shape index (κ2) is 9.37. The maximum atomic E-state index is 15.6. The van der Waals surface area contributed by atoms with Crippen LogP contribution >= 0.6 is 23.5 Å². The Labute approximate surface area is 192 Å². The molecule has 2 aromatic heterocycles. The Morgan fingerprint density at radius 1 is 1.29 bits per heavy atom. The number of phosphoric acid groups is 3. The predicted octanol–water partition coefficient (Wildman–Crippen LogP) is -0.0253. The van der Waals surface area contributed by atoms with E-state index in [0.717, 1.165) is 17.7 Å².